The molecule has 21 heavy (non-hydrogen) atoms. The normalized spacial score (nSPS) is 19.9. The maximum atomic E-state index is 13.3. The van der Waals surface area contributed by atoms with Crippen molar-refractivity contribution in [2.45, 2.75) is 6.10 Å². The molecule has 1 saturated heterocycles. The Morgan fingerprint density at radius 1 is 1.33 bits per heavy atom. The van der Waals surface area contributed by atoms with Crippen molar-refractivity contribution in [2.75, 3.05) is 32.5 Å². The smallest absolute Gasteiger partial charge is 0.260 e. The van der Waals surface area contributed by atoms with Crippen molar-refractivity contribution in [1.82, 2.24) is 15.0 Å². The average Bonchev–Trinajstić information content (AvgIpc) is 2.92. The fraction of sp³-hybridized carbons (Fsp3) is 0.385. The third kappa shape index (κ3) is 2.72. The molecular weight excluding hydrogens is 282 g/mol. The number of likely N-dealkylation sites (N-methyl/N-ethyl adjacent to an activating group) is 1. The number of anilines is 1. The monoisotopic (exact) mass is 296 g/mol. The van der Waals surface area contributed by atoms with Crippen LogP contribution in [0.25, 0.3) is 11.5 Å². The Morgan fingerprint density at radius 3 is 2.86 bits per heavy atom. The summed E-state index contributed by atoms with van der Waals surface area (Å²) in [6, 6.07) is 1.83. The van der Waals surface area contributed by atoms with E-state index in [4.69, 9.17) is 15.0 Å². The molecule has 1 fully saturated rings. The number of nitrogen functional groups attached to an aromatic ring is 1. The van der Waals surface area contributed by atoms with Gasteiger partial charge in [-0.05, 0) is 13.1 Å². The molecule has 2 heterocycles. The average molecular weight is 296 g/mol. The van der Waals surface area contributed by atoms with Gasteiger partial charge in [-0.15, -0.1) is 0 Å². The minimum atomic E-state index is -1.02. The van der Waals surface area contributed by atoms with Gasteiger partial charge in [-0.25, -0.2) is 8.78 Å². The van der Waals surface area contributed by atoms with E-state index in [1.807, 2.05) is 7.05 Å². The third-order valence-corrected chi connectivity index (χ3v) is 3.32. The van der Waals surface area contributed by atoms with Crippen LogP contribution in [0, 0.1) is 11.6 Å². The van der Waals surface area contributed by atoms with E-state index in [2.05, 4.69) is 15.0 Å². The lowest BCUT2D eigenvalue weighted by Crippen LogP contribution is -2.35. The maximum Gasteiger partial charge on any atom is 0.260 e. The molecule has 3 rings (SSSR count). The molecular formula is C13H14F2N4O2. The molecule has 1 aromatic heterocycles. The zero-order chi connectivity index (χ0) is 15.0. The first-order valence-corrected chi connectivity index (χ1v) is 6.43. The molecule has 0 radical (unpaired) electrons. The van der Waals surface area contributed by atoms with Crippen molar-refractivity contribution in [2.24, 2.45) is 0 Å². The van der Waals surface area contributed by atoms with E-state index in [1.165, 1.54) is 0 Å². The summed E-state index contributed by atoms with van der Waals surface area (Å²) >= 11 is 0. The standard InChI is InChI=1S/C13H14F2N4O2/c1-19-2-3-20-11(6-19)12-17-13(21-18-12)7-4-8(14)9(15)5-10(7)16/h4-5,11H,2-3,6,16H2,1H3. The van der Waals surface area contributed by atoms with Crippen LogP contribution in [-0.4, -0.2) is 41.8 Å². The van der Waals surface area contributed by atoms with E-state index in [0.29, 0.717) is 19.0 Å². The highest BCUT2D eigenvalue weighted by Crippen LogP contribution is 2.28. The Morgan fingerprint density at radius 2 is 2.10 bits per heavy atom. The Bertz CT molecular complexity index is 662. The van der Waals surface area contributed by atoms with Gasteiger partial charge < -0.3 is 19.9 Å². The molecule has 6 nitrogen and oxygen atoms in total. The summed E-state index contributed by atoms with van der Waals surface area (Å²) in [6.07, 6.45) is -0.312. The van der Waals surface area contributed by atoms with E-state index in [-0.39, 0.29) is 23.2 Å². The second-order valence-electron chi connectivity index (χ2n) is 4.93. The molecule has 1 atom stereocenters. The van der Waals surface area contributed by atoms with Crippen LogP contribution < -0.4 is 5.73 Å². The molecule has 0 spiro atoms. The van der Waals surface area contributed by atoms with Gasteiger partial charge in [0, 0.05) is 24.8 Å². The second-order valence-corrected chi connectivity index (χ2v) is 4.93. The summed E-state index contributed by atoms with van der Waals surface area (Å²) in [5.41, 5.74) is 5.85. The molecule has 1 unspecified atom stereocenters. The molecule has 2 N–H and O–H groups in total. The van der Waals surface area contributed by atoms with Crippen LogP contribution >= 0.6 is 0 Å². The van der Waals surface area contributed by atoms with Gasteiger partial charge in [0.1, 0.15) is 6.10 Å². The van der Waals surface area contributed by atoms with Crippen LogP contribution in [0.15, 0.2) is 16.7 Å². The van der Waals surface area contributed by atoms with Gasteiger partial charge in [0.2, 0.25) is 5.82 Å². The summed E-state index contributed by atoms with van der Waals surface area (Å²) in [7, 11) is 1.96. The maximum absolute atomic E-state index is 13.3. The van der Waals surface area contributed by atoms with Gasteiger partial charge in [0.05, 0.1) is 12.2 Å². The summed E-state index contributed by atoms with van der Waals surface area (Å²) in [5, 5.41) is 3.83. The van der Waals surface area contributed by atoms with Crippen molar-refractivity contribution in [3.63, 3.8) is 0 Å². The topological polar surface area (TPSA) is 77.4 Å². The van der Waals surface area contributed by atoms with Crippen molar-refractivity contribution in [1.29, 1.82) is 0 Å². The largest absolute Gasteiger partial charge is 0.398 e. The fourth-order valence-electron chi connectivity index (χ4n) is 2.16. The Kier molecular flexibility index (Phi) is 3.56. The summed E-state index contributed by atoms with van der Waals surface area (Å²) in [4.78, 5) is 6.25. The van der Waals surface area contributed by atoms with Crippen LogP contribution in [0.4, 0.5) is 14.5 Å². The SMILES string of the molecule is CN1CCOC(c2noc(-c3cc(F)c(F)cc3N)n2)C1. The second kappa shape index (κ2) is 5.38. The molecule has 0 amide bonds. The third-order valence-electron chi connectivity index (χ3n) is 3.32. The summed E-state index contributed by atoms with van der Waals surface area (Å²) in [6.45, 7) is 2.03. The number of nitrogens with two attached hydrogens (primary N) is 1. The molecule has 1 aliphatic heterocycles. The number of rotatable bonds is 2. The van der Waals surface area contributed by atoms with Crippen molar-refractivity contribution in [3.05, 3.63) is 29.6 Å². The first-order valence-electron chi connectivity index (χ1n) is 6.43. The van der Waals surface area contributed by atoms with E-state index in [1.54, 1.807) is 0 Å². The highest BCUT2D eigenvalue weighted by atomic mass is 19.2. The van der Waals surface area contributed by atoms with Gasteiger partial charge in [-0.2, -0.15) is 4.98 Å². The van der Waals surface area contributed by atoms with Crippen molar-refractivity contribution in [3.8, 4) is 11.5 Å². The minimum absolute atomic E-state index is 0.0331. The van der Waals surface area contributed by atoms with Crippen molar-refractivity contribution >= 4 is 5.69 Å². The molecule has 0 bridgehead atoms. The fourth-order valence-corrected chi connectivity index (χ4v) is 2.16. The highest BCUT2D eigenvalue weighted by molar-refractivity contribution is 5.70. The molecule has 8 heteroatoms. The Hall–Kier alpha value is -2.06. The number of benzene rings is 1. The predicted molar refractivity (Wildman–Crippen MR) is 70.3 cm³/mol. The van der Waals surface area contributed by atoms with E-state index in [9.17, 15) is 8.78 Å². The zero-order valence-electron chi connectivity index (χ0n) is 11.3. The molecule has 112 valence electrons. The zero-order valence-corrected chi connectivity index (χ0v) is 11.3. The lowest BCUT2D eigenvalue weighted by molar-refractivity contribution is -0.0264. The van der Waals surface area contributed by atoms with E-state index < -0.39 is 11.6 Å². The van der Waals surface area contributed by atoms with Crippen LogP contribution in [0.1, 0.15) is 11.9 Å². The quantitative estimate of drug-likeness (QED) is 0.848. The van der Waals surface area contributed by atoms with Gasteiger partial charge in [0.25, 0.3) is 5.89 Å². The van der Waals surface area contributed by atoms with Crippen LogP contribution in [0.3, 0.4) is 0 Å². The van der Waals surface area contributed by atoms with Crippen LogP contribution in [0.5, 0.6) is 0 Å². The van der Waals surface area contributed by atoms with Crippen LogP contribution in [-0.2, 0) is 4.74 Å². The molecule has 1 aliphatic rings. The minimum Gasteiger partial charge on any atom is -0.398 e. The number of halogens is 2. The number of ether oxygens (including phenoxy) is 1. The number of hydrogen-bond acceptors (Lipinski definition) is 6. The Balaban J connectivity index is 1.90. The van der Waals surface area contributed by atoms with E-state index >= 15 is 0 Å². The van der Waals surface area contributed by atoms with Gasteiger partial charge in [0.15, 0.2) is 11.6 Å². The molecule has 2 aromatic rings. The number of hydrogen-bond donors (Lipinski definition) is 1. The first-order chi connectivity index (χ1) is 10.0. The van der Waals surface area contributed by atoms with Gasteiger partial charge in [-0.1, -0.05) is 5.16 Å². The molecule has 0 saturated carbocycles. The van der Waals surface area contributed by atoms with Crippen LogP contribution in [0.2, 0.25) is 0 Å². The van der Waals surface area contributed by atoms with Crippen molar-refractivity contribution < 1.29 is 18.0 Å². The van der Waals surface area contributed by atoms with E-state index in [0.717, 1.165) is 18.7 Å². The summed E-state index contributed by atoms with van der Waals surface area (Å²) < 4.78 is 37.0. The lowest BCUT2D eigenvalue weighted by atomic mass is 10.1. The highest BCUT2D eigenvalue weighted by Gasteiger charge is 2.25. The Labute approximate surface area is 119 Å². The molecule has 1 aromatic carbocycles. The summed E-state index contributed by atoms with van der Waals surface area (Å²) in [5.74, 6) is -1.64. The predicted octanol–water partition coefficient (Wildman–Crippen LogP) is 1.60. The van der Waals surface area contributed by atoms with Gasteiger partial charge >= 0.3 is 0 Å². The number of aromatic nitrogens is 2. The van der Waals surface area contributed by atoms with Gasteiger partial charge in [-0.3, -0.25) is 0 Å². The number of morpholine rings is 1. The number of nitrogens with zero attached hydrogens (tertiary/aromatic N) is 3. The lowest BCUT2D eigenvalue weighted by Gasteiger charge is -2.27. The first kappa shape index (κ1) is 13.9. The molecule has 0 aliphatic carbocycles.